The van der Waals surface area contributed by atoms with E-state index in [1.807, 2.05) is 0 Å². The molecular formula is C9H13ClO2. The lowest BCUT2D eigenvalue weighted by Gasteiger charge is -2.20. The zero-order valence-corrected chi connectivity index (χ0v) is 7.88. The van der Waals surface area contributed by atoms with E-state index in [1.165, 1.54) is 13.3 Å². The van der Waals surface area contributed by atoms with Crippen molar-refractivity contribution in [3.05, 3.63) is 0 Å². The third-order valence-electron chi connectivity index (χ3n) is 3.06. The average molecular weight is 189 g/mol. The number of hydrogen-bond donors (Lipinski definition) is 0. The first kappa shape index (κ1) is 8.36. The van der Waals surface area contributed by atoms with E-state index < -0.39 is 0 Å². The predicted molar refractivity (Wildman–Crippen MR) is 46.0 cm³/mol. The molecule has 0 aromatic carbocycles. The second-order valence-corrected chi connectivity index (χ2v) is 4.33. The van der Waals surface area contributed by atoms with Crippen molar-refractivity contribution in [3.8, 4) is 0 Å². The van der Waals surface area contributed by atoms with Gasteiger partial charge in [0.05, 0.1) is 0 Å². The Hall–Kier alpha value is -0.240. The molecule has 0 heterocycles. The van der Waals surface area contributed by atoms with Gasteiger partial charge >= 0.3 is 5.97 Å². The molecule has 2 bridgehead atoms. The molecular weight excluding hydrogens is 176 g/mol. The van der Waals surface area contributed by atoms with E-state index in [0.29, 0.717) is 11.8 Å². The Kier molecular flexibility index (Phi) is 2.03. The number of ether oxygens (including phenoxy) is 1. The van der Waals surface area contributed by atoms with Crippen LogP contribution in [0.3, 0.4) is 0 Å². The van der Waals surface area contributed by atoms with E-state index in [2.05, 4.69) is 0 Å². The maximum Gasteiger partial charge on any atom is 0.302 e. The van der Waals surface area contributed by atoms with Gasteiger partial charge in [-0.25, -0.2) is 0 Å². The summed E-state index contributed by atoms with van der Waals surface area (Å²) in [6.07, 6.45) is 3.45. The minimum absolute atomic E-state index is 0.115. The second kappa shape index (κ2) is 2.91. The SMILES string of the molecule is CC(=O)O[C@@H]1C[C@@H]2CC[C@H]1[C@@H]2Cl. The molecule has 4 atom stereocenters. The Labute approximate surface area is 77.2 Å². The van der Waals surface area contributed by atoms with Crippen LogP contribution in [0.5, 0.6) is 0 Å². The Balaban J connectivity index is 1.99. The summed E-state index contributed by atoms with van der Waals surface area (Å²) < 4.78 is 5.19. The third-order valence-corrected chi connectivity index (χ3v) is 3.74. The quantitative estimate of drug-likeness (QED) is 0.465. The highest BCUT2D eigenvalue weighted by molar-refractivity contribution is 6.21. The largest absolute Gasteiger partial charge is 0.462 e. The van der Waals surface area contributed by atoms with Gasteiger partial charge in [-0.05, 0) is 25.2 Å². The molecule has 0 N–H and O–H groups in total. The van der Waals surface area contributed by atoms with Gasteiger partial charge in [0, 0.05) is 18.2 Å². The first-order valence-electron chi connectivity index (χ1n) is 4.50. The highest BCUT2D eigenvalue weighted by atomic mass is 35.5. The normalized spacial score (nSPS) is 44.8. The molecule has 2 aliphatic rings. The summed E-state index contributed by atoms with van der Waals surface area (Å²) in [5, 5.41) is 0.259. The standard InChI is InChI=1S/C9H13ClO2/c1-5(11)12-8-4-6-2-3-7(8)9(6)10/h6-9H,2-4H2,1H3/t6-,7+,8+,9+/m0/s1. The molecule has 0 unspecified atom stereocenters. The number of esters is 1. The molecule has 0 saturated heterocycles. The highest BCUT2D eigenvalue weighted by Crippen LogP contribution is 2.48. The smallest absolute Gasteiger partial charge is 0.302 e. The van der Waals surface area contributed by atoms with Gasteiger partial charge in [0.1, 0.15) is 6.10 Å². The van der Waals surface area contributed by atoms with Crippen molar-refractivity contribution in [2.45, 2.75) is 37.7 Å². The van der Waals surface area contributed by atoms with Gasteiger partial charge in [0.25, 0.3) is 0 Å². The van der Waals surface area contributed by atoms with Crippen LogP contribution in [0.1, 0.15) is 26.2 Å². The molecule has 2 nitrogen and oxygen atoms in total. The summed E-state index contributed by atoms with van der Waals surface area (Å²) in [4.78, 5) is 10.7. The minimum atomic E-state index is -0.170. The van der Waals surface area contributed by atoms with Crippen LogP contribution in [0.25, 0.3) is 0 Å². The molecule has 0 amide bonds. The molecule has 0 aliphatic heterocycles. The number of carbonyl (C=O) groups is 1. The number of fused-ring (bicyclic) bond motifs is 2. The summed E-state index contributed by atoms with van der Waals surface area (Å²) in [5.41, 5.74) is 0. The fraction of sp³-hybridized carbons (Fsp3) is 0.889. The van der Waals surface area contributed by atoms with Gasteiger partial charge < -0.3 is 4.74 Å². The molecule has 2 saturated carbocycles. The Morgan fingerprint density at radius 1 is 1.50 bits per heavy atom. The molecule has 0 radical (unpaired) electrons. The third kappa shape index (κ3) is 1.22. The Bertz CT molecular complexity index is 205. The van der Waals surface area contributed by atoms with E-state index >= 15 is 0 Å². The summed E-state index contributed by atoms with van der Waals surface area (Å²) in [6, 6.07) is 0. The summed E-state index contributed by atoms with van der Waals surface area (Å²) in [7, 11) is 0. The van der Waals surface area contributed by atoms with Gasteiger partial charge in [-0.1, -0.05) is 0 Å². The van der Waals surface area contributed by atoms with Crippen LogP contribution in [0.2, 0.25) is 0 Å². The highest BCUT2D eigenvalue weighted by Gasteiger charge is 2.48. The fourth-order valence-corrected chi connectivity index (χ4v) is 3.05. The van der Waals surface area contributed by atoms with Gasteiger partial charge in [0.2, 0.25) is 0 Å². The molecule has 0 spiro atoms. The summed E-state index contributed by atoms with van der Waals surface area (Å²) in [5.74, 6) is 0.859. The van der Waals surface area contributed by atoms with Crippen LogP contribution >= 0.6 is 11.6 Å². The van der Waals surface area contributed by atoms with Crippen molar-refractivity contribution in [1.82, 2.24) is 0 Å². The number of alkyl halides is 1. The Morgan fingerprint density at radius 3 is 2.67 bits per heavy atom. The van der Waals surface area contributed by atoms with E-state index in [1.54, 1.807) is 0 Å². The molecule has 0 aromatic rings. The number of hydrogen-bond acceptors (Lipinski definition) is 2. The van der Waals surface area contributed by atoms with Crippen LogP contribution in [0.4, 0.5) is 0 Å². The van der Waals surface area contributed by atoms with Gasteiger partial charge in [-0.2, -0.15) is 0 Å². The number of rotatable bonds is 1. The summed E-state index contributed by atoms with van der Waals surface area (Å²) in [6.45, 7) is 1.47. The van der Waals surface area contributed by atoms with Gasteiger partial charge in [-0.15, -0.1) is 11.6 Å². The lowest BCUT2D eigenvalue weighted by atomic mass is 9.98. The molecule has 68 valence electrons. The van der Waals surface area contributed by atoms with Crippen LogP contribution in [-0.2, 0) is 9.53 Å². The topological polar surface area (TPSA) is 26.3 Å². The first-order valence-corrected chi connectivity index (χ1v) is 4.93. The van der Waals surface area contributed by atoms with Gasteiger partial charge in [-0.3, -0.25) is 4.79 Å². The lowest BCUT2D eigenvalue weighted by molar-refractivity contribution is -0.148. The Morgan fingerprint density at radius 2 is 2.25 bits per heavy atom. The van der Waals surface area contributed by atoms with Crippen LogP contribution in [-0.4, -0.2) is 17.5 Å². The van der Waals surface area contributed by atoms with E-state index in [9.17, 15) is 4.79 Å². The van der Waals surface area contributed by atoms with Crippen molar-refractivity contribution in [2.24, 2.45) is 11.8 Å². The zero-order valence-electron chi connectivity index (χ0n) is 7.13. The van der Waals surface area contributed by atoms with Crippen molar-refractivity contribution in [2.75, 3.05) is 0 Å². The van der Waals surface area contributed by atoms with E-state index in [0.717, 1.165) is 12.8 Å². The van der Waals surface area contributed by atoms with Crippen molar-refractivity contribution in [1.29, 1.82) is 0 Å². The van der Waals surface area contributed by atoms with Crippen LogP contribution in [0, 0.1) is 11.8 Å². The number of halogens is 1. The molecule has 0 aromatic heterocycles. The maximum absolute atomic E-state index is 10.7. The monoisotopic (exact) mass is 188 g/mol. The molecule has 3 heteroatoms. The molecule has 12 heavy (non-hydrogen) atoms. The lowest BCUT2D eigenvalue weighted by Crippen LogP contribution is -2.23. The van der Waals surface area contributed by atoms with E-state index in [-0.39, 0.29) is 17.5 Å². The number of carbonyl (C=O) groups excluding carboxylic acids is 1. The molecule has 2 rings (SSSR count). The maximum atomic E-state index is 10.7. The molecule has 2 aliphatic carbocycles. The van der Waals surface area contributed by atoms with E-state index in [4.69, 9.17) is 16.3 Å². The van der Waals surface area contributed by atoms with Crippen molar-refractivity contribution >= 4 is 17.6 Å². The molecule has 2 fully saturated rings. The second-order valence-electron chi connectivity index (χ2n) is 3.83. The zero-order chi connectivity index (χ0) is 8.72. The van der Waals surface area contributed by atoms with Crippen LogP contribution in [0.15, 0.2) is 0 Å². The fourth-order valence-electron chi connectivity index (χ4n) is 2.54. The van der Waals surface area contributed by atoms with Gasteiger partial charge in [0.15, 0.2) is 0 Å². The van der Waals surface area contributed by atoms with Crippen molar-refractivity contribution in [3.63, 3.8) is 0 Å². The first-order chi connectivity index (χ1) is 5.68. The average Bonchev–Trinajstić information content (AvgIpc) is 2.44. The minimum Gasteiger partial charge on any atom is -0.462 e. The van der Waals surface area contributed by atoms with Crippen LogP contribution < -0.4 is 0 Å². The van der Waals surface area contributed by atoms with Crippen molar-refractivity contribution < 1.29 is 9.53 Å². The predicted octanol–water partition coefficient (Wildman–Crippen LogP) is 1.96. The summed E-state index contributed by atoms with van der Waals surface area (Å²) >= 11 is 6.16.